The summed E-state index contributed by atoms with van der Waals surface area (Å²) in [7, 11) is 0. The Hall–Kier alpha value is -3.08. The van der Waals surface area contributed by atoms with E-state index in [9.17, 15) is 0 Å². The Balaban J connectivity index is 1.54. The second-order valence-electron chi connectivity index (χ2n) is 6.01. The highest BCUT2D eigenvalue weighted by Gasteiger charge is 2.07. The maximum absolute atomic E-state index is 5.75. The smallest absolute Gasteiger partial charge is 0.199 e. The SMILES string of the molecule is CC(C)n1cc(-c2ccc(Nc3cc4ccccc4o3)nc2)cn1. The second kappa shape index (κ2) is 5.85. The molecule has 120 valence electrons. The molecule has 0 amide bonds. The van der Waals surface area contributed by atoms with Crippen LogP contribution in [0.15, 0.2) is 65.5 Å². The first-order valence-corrected chi connectivity index (χ1v) is 7.95. The van der Waals surface area contributed by atoms with E-state index in [0.29, 0.717) is 11.9 Å². The zero-order valence-corrected chi connectivity index (χ0v) is 13.6. The molecular formula is C19H18N4O. The highest BCUT2D eigenvalue weighted by atomic mass is 16.3. The molecule has 5 heteroatoms. The molecule has 24 heavy (non-hydrogen) atoms. The summed E-state index contributed by atoms with van der Waals surface area (Å²) in [5, 5.41) is 8.63. The summed E-state index contributed by atoms with van der Waals surface area (Å²) in [6.45, 7) is 4.21. The molecule has 0 aliphatic rings. The predicted octanol–water partition coefficient (Wildman–Crippen LogP) is 5.02. The fourth-order valence-electron chi connectivity index (χ4n) is 2.58. The van der Waals surface area contributed by atoms with Crippen LogP contribution in [0.4, 0.5) is 11.7 Å². The van der Waals surface area contributed by atoms with Crippen molar-refractivity contribution in [2.24, 2.45) is 0 Å². The van der Waals surface area contributed by atoms with Crippen molar-refractivity contribution in [1.29, 1.82) is 0 Å². The highest BCUT2D eigenvalue weighted by molar-refractivity contribution is 5.81. The summed E-state index contributed by atoms with van der Waals surface area (Å²) in [6, 6.07) is 14.2. The van der Waals surface area contributed by atoms with Crippen LogP contribution < -0.4 is 5.32 Å². The Morgan fingerprint density at radius 3 is 2.62 bits per heavy atom. The molecule has 0 unspecified atom stereocenters. The number of fused-ring (bicyclic) bond motifs is 1. The molecule has 0 bridgehead atoms. The molecule has 3 heterocycles. The van der Waals surface area contributed by atoms with Gasteiger partial charge in [-0.25, -0.2) is 4.98 Å². The molecule has 0 radical (unpaired) electrons. The lowest BCUT2D eigenvalue weighted by atomic mass is 10.2. The number of anilines is 2. The van der Waals surface area contributed by atoms with Crippen LogP contribution in [0.5, 0.6) is 0 Å². The fraction of sp³-hybridized carbons (Fsp3) is 0.158. The molecule has 0 aliphatic carbocycles. The quantitative estimate of drug-likeness (QED) is 0.574. The highest BCUT2D eigenvalue weighted by Crippen LogP contribution is 2.26. The van der Waals surface area contributed by atoms with Gasteiger partial charge in [0, 0.05) is 41.0 Å². The van der Waals surface area contributed by atoms with Gasteiger partial charge >= 0.3 is 0 Å². The van der Waals surface area contributed by atoms with E-state index < -0.39 is 0 Å². The van der Waals surface area contributed by atoms with Gasteiger partial charge in [-0.1, -0.05) is 18.2 Å². The largest absolute Gasteiger partial charge is 0.440 e. The Kier molecular flexibility index (Phi) is 3.54. The number of hydrogen-bond acceptors (Lipinski definition) is 4. The first-order valence-electron chi connectivity index (χ1n) is 7.95. The zero-order valence-electron chi connectivity index (χ0n) is 13.6. The van der Waals surface area contributed by atoms with Crippen molar-refractivity contribution in [2.75, 3.05) is 5.32 Å². The van der Waals surface area contributed by atoms with Gasteiger partial charge in [0.1, 0.15) is 11.4 Å². The number of nitrogens with zero attached hydrogens (tertiary/aromatic N) is 3. The molecule has 3 aromatic heterocycles. The van der Waals surface area contributed by atoms with E-state index in [1.165, 1.54) is 0 Å². The van der Waals surface area contributed by atoms with Gasteiger partial charge in [-0.3, -0.25) is 4.68 Å². The number of aromatic nitrogens is 3. The average molecular weight is 318 g/mol. The summed E-state index contributed by atoms with van der Waals surface area (Å²) < 4.78 is 7.69. The van der Waals surface area contributed by atoms with Crippen LogP contribution in [0.2, 0.25) is 0 Å². The maximum Gasteiger partial charge on any atom is 0.199 e. The minimum absolute atomic E-state index is 0.348. The third-order valence-electron chi connectivity index (χ3n) is 3.90. The molecule has 0 saturated heterocycles. The molecule has 4 aromatic rings. The third kappa shape index (κ3) is 2.76. The van der Waals surface area contributed by atoms with E-state index in [-0.39, 0.29) is 0 Å². The summed E-state index contributed by atoms with van der Waals surface area (Å²) in [5.74, 6) is 1.43. The van der Waals surface area contributed by atoms with Crippen molar-refractivity contribution in [3.63, 3.8) is 0 Å². The average Bonchev–Trinajstić information content (AvgIpc) is 3.22. The molecule has 0 aliphatic heterocycles. The number of hydrogen-bond donors (Lipinski definition) is 1. The van der Waals surface area contributed by atoms with Gasteiger partial charge in [0.05, 0.1) is 6.20 Å². The summed E-state index contributed by atoms with van der Waals surface area (Å²) in [4.78, 5) is 4.47. The standard InChI is InChI=1S/C19H18N4O/c1-13(2)23-12-16(11-21-23)15-7-8-18(20-10-15)22-19-9-14-5-3-4-6-17(14)24-19/h3-13H,1-2H3,(H,20,22). The predicted molar refractivity (Wildman–Crippen MR) is 95.3 cm³/mol. The van der Waals surface area contributed by atoms with Gasteiger partial charge in [-0.15, -0.1) is 0 Å². The van der Waals surface area contributed by atoms with E-state index in [4.69, 9.17) is 4.42 Å². The van der Waals surface area contributed by atoms with Gasteiger partial charge in [-0.05, 0) is 32.0 Å². The van der Waals surface area contributed by atoms with Crippen molar-refractivity contribution in [3.05, 3.63) is 61.1 Å². The lowest BCUT2D eigenvalue weighted by Crippen LogP contribution is -1.99. The van der Waals surface area contributed by atoms with E-state index in [1.54, 1.807) is 0 Å². The van der Waals surface area contributed by atoms with Crippen molar-refractivity contribution in [1.82, 2.24) is 14.8 Å². The molecule has 4 rings (SSSR count). The monoisotopic (exact) mass is 318 g/mol. The molecule has 0 spiro atoms. The topological polar surface area (TPSA) is 55.9 Å². The van der Waals surface area contributed by atoms with E-state index in [2.05, 4.69) is 29.2 Å². The number of rotatable bonds is 4. The van der Waals surface area contributed by atoms with Gasteiger partial charge in [0.2, 0.25) is 0 Å². The number of nitrogens with one attached hydrogen (secondary N) is 1. The Bertz CT molecular complexity index is 933. The Labute approximate surface area is 139 Å². The lowest BCUT2D eigenvalue weighted by Gasteiger charge is -2.04. The second-order valence-corrected chi connectivity index (χ2v) is 6.01. The Morgan fingerprint density at radius 2 is 1.92 bits per heavy atom. The molecular weight excluding hydrogens is 300 g/mol. The summed E-state index contributed by atoms with van der Waals surface area (Å²) in [6.07, 6.45) is 5.74. The minimum Gasteiger partial charge on any atom is -0.440 e. The Morgan fingerprint density at radius 1 is 1.04 bits per heavy atom. The van der Waals surface area contributed by atoms with E-state index in [0.717, 1.165) is 27.9 Å². The molecule has 0 saturated carbocycles. The van der Waals surface area contributed by atoms with Crippen LogP contribution in [0.3, 0.4) is 0 Å². The van der Waals surface area contributed by atoms with E-state index >= 15 is 0 Å². The van der Waals surface area contributed by atoms with E-state index in [1.807, 2.05) is 65.7 Å². The summed E-state index contributed by atoms with van der Waals surface area (Å²) >= 11 is 0. The number of para-hydroxylation sites is 1. The number of furan rings is 1. The lowest BCUT2D eigenvalue weighted by molar-refractivity contribution is 0.532. The van der Waals surface area contributed by atoms with Gasteiger partial charge in [0.15, 0.2) is 5.88 Å². The van der Waals surface area contributed by atoms with Gasteiger partial charge in [-0.2, -0.15) is 5.10 Å². The van der Waals surface area contributed by atoms with Crippen molar-refractivity contribution in [3.8, 4) is 11.1 Å². The fourth-order valence-corrected chi connectivity index (χ4v) is 2.58. The summed E-state index contributed by atoms with van der Waals surface area (Å²) in [5.41, 5.74) is 2.96. The van der Waals surface area contributed by atoms with Crippen LogP contribution >= 0.6 is 0 Å². The zero-order chi connectivity index (χ0) is 16.5. The molecule has 1 aromatic carbocycles. The van der Waals surface area contributed by atoms with Crippen LogP contribution in [0.1, 0.15) is 19.9 Å². The van der Waals surface area contributed by atoms with Crippen molar-refractivity contribution < 1.29 is 4.42 Å². The van der Waals surface area contributed by atoms with Crippen LogP contribution in [0.25, 0.3) is 22.1 Å². The normalized spacial score (nSPS) is 11.3. The number of pyridine rings is 1. The maximum atomic E-state index is 5.75. The third-order valence-corrected chi connectivity index (χ3v) is 3.90. The van der Waals surface area contributed by atoms with Crippen molar-refractivity contribution >= 4 is 22.7 Å². The van der Waals surface area contributed by atoms with Crippen LogP contribution in [-0.4, -0.2) is 14.8 Å². The first-order chi connectivity index (χ1) is 11.7. The minimum atomic E-state index is 0.348. The first kappa shape index (κ1) is 14.5. The van der Waals surface area contributed by atoms with Gasteiger partial charge in [0.25, 0.3) is 0 Å². The molecule has 0 fully saturated rings. The molecule has 5 nitrogen and oxygen atoms in total. The van der Waals surface area contributed by atoms with Crippen molar-refractivity contribution in [2.45, 2.75) is 19.9 Å². The van der Waals surface area contributed by atoms with Gasteiger partial charge < -0.3 is 9.73 Å². The number of benzene rings is 1. The van der Waals surface area contributed by atoms with Crippen LogP contribution in [0, 0.1) is 0 Å². The molecule has 0 atom stereocenters. The van der Waals surface area contributed by atoms with Crippen LogP contribution in [-0.2, 0) is 0 Å². The molecule has 1 N–H and O–H groups in total.